The van der Waals surface area contributed by atoms with Crippen LogP contribution in [0.1, 0.15) is 35.7 Å². The van der Waals surface area contributed by atoms with Crippen molar-refractivity contribution in [3.63, 3.8) is 0 Å². The van der Waals surface area contributed by atoms with E-state index in [1.165, 1.54) is 35.5 Å². The van der Waals surface area contributed by atoms with Crippen LogP contribution < -0.4 is 15.0 Å². The molecule has 1 aromatic heterocycles. The smallest absolute Gasteiger partial charge is 0.252 e. The second kappa shape index (κ2) is 9.44. The van der Waals surface area contributed by atoms with Crippen LogP contribution in [0.2, 0.25) is 0 Å². The highest BCUT2D eigenvalue weighted by Gasteiger charge is 2.30. The van der Waals surface area contributed by atoms with Gasteiger partial charge in [0.05, 0.1) is 16.5 Å². The Labute approximate surface area is 202 Å². The van der Waals surface area contributed by atoms with Gasteiger partial charge in [0.1, 0.15) is 13.2 Å². The van der Waals surface area contributed by atoms with Gasteiger partial charge < -0.3 is 19.2 Å². The maximum absolute atomic E-state index is 13.6. The molecule has 5 rings (SSSR count). The van der Waals surface area contributed by atoms with Gasteiger partial charge in [-0.05, 0) is 44.0 Å². The number of aromatic amines is 1. The molecule has 0 bridgehead atoms. The van der Waals surface area contributed by atoms with E-state index in [2.05, 4.69) is 4.98 Å². The van der Waals surface area contributed by atoms with Gasteiger partial charge >= 0.3 is 0 Å². The van der Waals surface area contributed by atoms with E-state index in [-0.39, 0.29) is 35.4 Å². The number of ketones is 1. The molecule has 3 heterocycles. The average Bonchev–Trinajstić information content (AvgIpc) is 3.36. The van der Waals surface area contributed by atoms with Crippen molar-refractivity contribution in [1.82, 2.24) is 9.29 Å². The molecule has 0 radical (unpaired) electrons. The van der Waals surface area contributed by atoms with E-state index in [1.807, 2.05) is 0 Å². The number of sulfonamides is 1. The normalized spacial score (nSPS) is 17.7. The third-order valence-electron chi connectivity index (χ3n) is 6.26. The highest BCUT2D eigenvalue weighted by atomic mass is 32.2. The van der Waals surface area contributed by atoms with E-state index >= 15 is 0 Å². The van der Waals surface area contributed by atoms with Crippen LogP contribution in [-0.4, -0.2) is 56.0 Å². The van der Waals surface area contributed by atoms with E-state index < -0.39 is 10.0 Å². The Kier molecular flexibility index (Phi) is 6.35. The number of carbonyl (C=O) groups excluding carboxylic acids is 1. The predicted octanol–water partition coefficient (Wildman–Crippen LogP) is 2.87. The molecule has 0 amide bonds. The number of H-pyrrole nitrogens is 1. The first-order valence-electron chi connectivity index (χ1n) is 11.5. The minimum atomic E-state index is -3.97. The number of aromatic nitrogens is 1. The monoisotopic (exact) mass is 498 g/mol. The largest absolute Gasteiger partial charge is 0.486 e. The number of fused-ring (bicyclic) bond motifs is 2. The molecule has 10 heteroatoms. The number of nitrogens with one attached hydrogen (secondary N) is 1. The average molecular weight is 499 g/mol. The zero-order valence-electron chi connectivity index (χ0n) is 19.3. The summed E-state index contributed by atoms with van der Waals surface area (Å²) in [6.07, 6.45) is 1.35. The van der Waals surface area contributed by atoms with Crippen molar-refractivity contribution in [2.75, 3.05) is 26.4 Å². The number of Topliss-reactive ketones (excluding diaryl/α,β-unsaturated/α-hetero) is 1. The maximum Gasteiger partial charge on any atom is 0.252 e. The fraction of sp³-hybridized carbons (Fsp3) is 0.360. The number of rotatable bonds is 7. The Morgan fingerprint density at radius 2 is 1.77 bits per heavy atom. The molecule has 0 saturated carbocycles. The Morgan fingerprint density at radius 1 is 1.06 bits per heavy atom. The molecule has 0 spiro atoms. The molecule has 1 saturated heterocycles. The summed E-state index contributed by atoms with van der Waals surface area (Å²) in [5.41, 5.74) is 0.927. The minimum absolute atomic E-state index is 0.0531. The van der Waals surface area contributed by atoms with E-state index in [9.17, 15) is 18.0 Å². The van der Waals surface area contributed by atoms with Crippen molar-refractivity contribution in [3.05, 3.63) is 63.9 Å². The van der Waals surface area contributed by atoms with Gasteiger partial charge in [0.15, 0.2) is 17.3 Å². The van der Waals surface area contributed by atoms with Crippen molar-refractivity contribution >= 4 is 26.7 Å². The van der Waals surface area contributed by atoms with Gasteiger partial charge in [-0.2, -0.15) is 4.31 Å². The fourth-order valence-corrected chi connectivity index (χ4v) is 5.82. The zero-order chi connectivity index (χ0) is 24.6. The van der Waals surface area contributed by atoms with Crippen molar-refractivity contribution in [1.29, 1.82) is 0 Å². The predicted molar refractivity (Wildman–Crippen MR) is 129 cm³/mol. The lowest BCUT2D eigenvalue weighted by Gasteiger charge is -2.25. The van der Waals surface area contributed by atoms with Gasteiger partial charge in [0, 0.05) is 42.3 Å². The number of hydrogen-bond acceptors (Lipinski definition) is 7. The Balaban J connectivity index is 1.51. The molecule has 1 atom stereocenters. The first-order valence-corrected chi connectivity index (χ1v) is 12.9. The quantitative estimate of drug-likeness (QED) is 0.498. The van der Waals surface area contributed by atoms with Gasteiger partial charge in [-0.3, -0.25) is 9.59 Å². The second-order valence-corrected chi connectivity index (χ2v) is 10.7. The summed E-state index contributed by atoms with van der Waals surface area (Å²) in [5.74, 6) is 0.990. The lowest BCUT2D eigenvalue weighted by molar-refractivity contribution is 0.0925. The Morgan fingerprint density at radius 3 is 2.43 bits per heavy atom. The topological polar surface area (TPSA) is 115 Å². The highest BCUT2D eigenvalue weighted by molar-refractivity contribution is 7.89. The zero-order valence-corrected chi connectivity index (χ0v) is 20.1. The number of benzene rings is 2. The van der Waals surface area contributed by atoms with Crippen molar-refractivity contribution in [2.45, 2.75) is 37.3 Å². The van der Waals surface area contributed by atoms with Crippen LogP contribution in [0.15, 0.2) is 52.2 Å². The van der Waals surface area contributed by atoms with Crippen LogP contribution in [0.5, 0.6) is 11.5 Å². The lowest BCUT2D eigenvalue weighted by atomic mass is 10.1. The summed E-state index contributed by atoms with van der Waals surface area (Å²) in [6, 6.07) is 11.0. The summed E-state index contributed by atoms with van der Waals surface area (Å²) in [7, 11) is -3.97. The standard InChI is InChI=1S/C25H26N2O7S/c1-16(28)17-4-6-21(7-5-17)35(30,31)27(15-20-3-2-8-32-20)14-19-11-18-12-23-24(34-10-9-33-23)13-22(18)26-25(19)29/h4-7,11-13,20H,2-3,8-10,14-15H2,1H3,(H,26,29)/t20-/m1/s1. The van der Waals surface area contributed by atoms with E-state index in [0.29, 0.717) is 53.3 Å². The highest BCUT2D eigenvalue weighted by Crippen LogP contribution is 2.34. The van der Waals surface area contributed by atoms with Gasteiger partial charge in [0.2, 0.25) is 10.0 Å². The number of nitrogens with zero attached hydrogens (tertiary/aromatic N) is 1. The summed E-state index contributed by atoms with van der Waals surface area (Å²) < 4.78 is 45.4. The summed E-state index contributed by atoms with van der Waals surface area (Å²) in [5, 5.41) is 0.712. The van der Waals surface area contributed by atoms with E-state index in [1.54, 1.807) is 18.2 Å². The minimum Gasteiger partial charge on any atom is -0.486 e. The SMILES string of the molecule is CC(=O)c1ccc(S(=O)(=O)N(Cc2cc3cc4c(cc3[nH]c2=O)OCCO4)C[C@H]2CCCO2)cc1. The molecule has 0 unspecified atom stereocenters. The third-order valence-corrected chi connectivity index (χ3v) is 8.09. The van der Waals surface area contributed by atoms with Crippen LogP contribution in [0.25, 0.3) is 10.9 Å². The summed E-state index contributed by atoms with van der Waals surface area (Å²) in [4.78, 5) is 27.4. The fourth-order valence-electron chi connectivity index (χ4n) is 4.37. The molecule has 2 aliphatic rings. The van der Waals surface area contributed by atoms with Crippen molar-refractivity contribution < 1.29 is 27.4 Å². The van der Waals surface area contributed by atoms with Gasteiger partial charge in [-0.1, -0.05) is 12.1 Å². The summed E-state index contributed by atoms with van der Waals surface area (Å²) >= 11 is 0. The maximum atomic E-state index is 13.6. The lowest BCUT2D eigenvalue weighted by Crippen LogP contribution is -2.38. The molecule has 35 heavy (non-hydrogen) atoms. The molecule has 3 aromatic rings. The van der Waals surface area contributed by atoms with Crippen LogP contribution in [0.3, 0.4) is 0 Å². The number of pyridine rings is 1. The van der Waals surface area contributed by atoms with Crippen molar-refractivity contribution in [2.24, 2.45) is 0 Å². The number of carbonyl (C=O) groups is 1. The van der Waals surface area contributed by atoms with Crippen molar-refractivity contribution in [3.8, 4) is 11.5 Å². The molecule has 184 valence electrons. The molecular weight excluding hydrogens is 472 g/mol. The molecule has 9 nitrogen and oxygen atoms in total. The third kappa shape index (κ3) is 4.82. The van der Waals surface area contributed by atoms with Crippen LogP contribution in [0.4, 0.5) is 0 Å². The van der Waals surface area contributed by atoms with Gasteiger partial charge in [-0.25, -0.2) is 8.42 Å². The second-order valence-electron chi connectivity index (χ2n) is 8.72. The number of ether oxygens (including phenoxy) is 3. The van der Waals surface area contributed by atoms with E-state index in [0.717, 1.165) is 12.8 Å². The van der Waals surface area contributed by atoms with Crippen LogP contribution in [0, 0.1) is 0 Å². The Hall–Kier alpha value is -3.21. The molecule has 2 aromatic carbocycles. The first kappa shape index (κ1) is 23.5. The molecular formula is C25H26N2O7S. The first-order chi connectivity index (χ1) is 16.8. The molecule has 1 N–H and O–H groups in total. The van der Waals surface area contributed by atoms with E-state index in [4.69, 9.17) is 14.2 Å². The van der Waals surface area contributed by atoms with Crippen LogP contribution >= 0.6 is 0 Å². The molecule has 0 aliphatic carbocycles. The van der Waals surface area contributed by atoms with Crippen LogP contribution in [-0.2, 0) is 21.3 Å². The van der Waals surface area contributed by atoms with Gasteiger partial charge in [-0.15, -0.1) is 0 Å². The Bertz CT molecular complexity index is 1420. The summed E-state index contributed by atoms with van der Waals surface area (Å²) in [6.45, 7) is 2.86. The molecule has 2 aliphatic heterocycles. The van der Waals surface area contributed by atoms with Gasteiger partial charge in [0.25, 0.3) is 5.56 Å². The molecule has 1 fully saturated rings. The number of hydrogen-bond donors (Lipinski definition) is 1.